The zero-order valence-electron chi connectivity index (χ0n) is 38.5. The molecule has 14 rings (SSSR count). The summed E-state index contributed by atoms with van der Waals surface area (Å²) in [7, 11) is 0. The molecule has 8 heterocycles. The average Bonchev–Trinajstić information content (AvgIpc) is 4.08. The quantitative estimate of drug-likeness (QED) is 0.163. The minimum Gasteiger partial charge on any atom is -0.502 e. The lowest BCUT2D eigenvalue weighted by molar-refractivity contribution is -0.0197. The number of amides is 2. The van der Waals surface area contributed by atoms with Gasteiger partial charge in [-0.2, -0.15) is 0 Å². The van der Waals surface area contributed by atoms with E-state index in [9.17, 15) is 38.2 Å². The molecular formula is C54H38F4N6O8S2. The largest absolute Gasteiger partial charge is 0.502 e. The number of hydrogen-bond acceptors (Lipinski definition) is 12. The predicted octanol–water partition coefficient (Wildman–Crippen LogP) is 8.16. The predicted molar refractivity (Wildman–Crippen MR) is 266 cm³/mol. The number of carbonyl (C=O) groups excluding carboxylic acids is 2. The lowest BCUT2D eigenvalue weighted by Gasteiger charge is -2.51. The van der Waals surface area contributed by atoms with E-state index in [4.69, 9.17) is 9.47 Å². The number of rotatable bonds is 2. The Morgan fingerprint density at radius 2 is 0.919 bits per heavy atom. The molecule has 2 N–H and O–H groups in total. The number of benzene rings is 4. The number of pyridine rings is 2. The summed E-state index contributed by atoms with van der Waals surface area (Å²) < 4.78 is 75.0. The van der Waals surface area contributed by atoms with Crippen LogP contribution in [0.15, 0.2) is 130 Å². The molecule has 6 aliphatic rings. The molecular weight excluding hydrogens is 1000 g/mol. The van der Waals surface area contributed by atoms with Gasteiger partial charge in [0.15, 0.2) is 46.2 Å². The zero-order valence-corrected chi connectivity index (χ0v) is 40.1. The van der Waals surface area contributed by atoms with Crippen molar-refractivity contribution >= 4 is 34.5 Å². The number of fused-ring (bicyclic) bond motifs is 14. The van der Waals surface area contributed by atoms with Crippen molar-refractivity contribution < 1.29 is 46.8 Å². The number of aromatic hydroxyl groups is 2. The van der Waals surface area contributed by atoms with Crippen LogP contribution in [0.1, 0.15) is 55.3 Å². The molecule has 20 heteroatoms. The minimum absolute atomic E-state index is 0.143. The van der Waals surface area contributed by atoms with Crippen LogP contribution >= 0.6 is 22.7 Å². The summed E-state index contributed by atoms with van der Waals surface area (Å²) in [5.41, 5.74) is 4.04. The Hall–Kier alpha value is -8.04. The fourth-order valence-electron chi connectivity index (χ4n) is 11.4. The van der Waals surface area contributed by atoms with Crippen LogP contribution in [0.4, 0.5) is 17.6 Å². The molecule has 2 aliphatic carbocycles. The van der Waals surface area contributed by atoms with Crippen molar-refractivity contribution in [1.82, 2.24) is 19.2 Å². The van der Waals surface area contributed by atoms with Gasteiger partial charge in [0.05, 0.1) is 38.5 Å². The van der Waals surface area contributed by atoms with E-state index in [-0.39, 0.29) is 48.8 Å². The molecule has 0 unspecified atom stereocenters. The first kappa shape index (κ1) is 45.8. The molecule has 0 saturated carbocycles. The fraction of sp³-hybridized carbons (Fsp3) is 0.185. The summed E-state index contributed by atoms with van der Waals surface area (Å²) in [5, 5.41) is 28.8. The third kappa shape index (κ3) is 6.60. The normalized spacial score (nSPS) is 19.9. The van der Waals surface area contributed by atoms with Gasteiger partial charge in [-0.3, -0.25) is 38.5 Å². The smallest absolute Gasteiger partial charge is 0.278 e. The van der Waals surface area contributed by atoms with Crippen molar-refractivity contribution in [3.8, 4) is 54.6 Å². The summed E-state index contributed by atoms with van der Waals surface area (Å²) >= 11 is 2.87. The maximum absolute atomic E-state index is 15.6. The number of nitrogens with zero attached hydrogens (tertiary/aromatic N) is 6. The topological polar surface area (TPSA) is 150 Å². The lowest BCUT2D eigenvalue weighted by atomic mass is 9.92. The van der Waals surface area contributed by atoms with Crippen LogP contribution in [0.25, 0.3) is 43.1 Å². The Bertz CT molecular complexity index is 3580. The van der Waals surface area contributed by atoms with Crippen molar-refractivity contribution in [2.75, 3.05) is 49.5 Å². The van der Waals surface area contributed by atoms with Gasteiger partial charge in [-0.25, -0.2) is 17.6 Å². The molecule has 4 atom stereocenters. The van der Waals surface area contributed by atoms with E-state index in [0.717, 1.165) is 44.1 Å². The molecule has 4 aromatic carbocycles. The number of aromatic nitrogens is 2. The van der Waals surface area contributed by atoms with Crippen molar-refractivity contribution in [2.24, 2.45) is 0 Å². The van der Waals surface area contributed by atoms with Crippen LogP contribution < -0.4 is 20.9 Å². The monoisotopic (exact) mass is 1040 g/mol. The van der Waals surface area contributed by atoms with Gasteiger partial charge in [0.2, 0.25) is 10.9 Å². The Morgan fingerprint density at radius 3 is 1.35 bits per heavy atom. The number of halogens is 4. The van der Waals surface area contributed by atoms with Crippen LogP contribution in [-0.4, -0.2) is 93.0 Å². The Labute approximate surface area is 424 Å². The summed E-state index contributed by atoms with van der Waals surface area (Å²) in [6.45, 7) is 1.38. The van der Waals surface area contributed by atoms with Crippen LogP contribution in [0.3, 0.4) is 0 Å². The first-order chi connectivity index (χ1) is 35.9. The number of hydrogen-bond donors (Lipinski definition) is 2. The zero-order chi connectivity index (χ0) is 50.8. The second-order valence-electron chi connectivity index (χ2n) is 18.3. The van der Waals surface area contributed by atoms with Crippen LogP contribution in [0, 0.1) is 23.3 Å². The van der Waals surface area contributed by atoms with Gasteiger partial charge in [0, 0.05) is 69.6 Å². The molecule has 2 saturated heterocycles. The van der Waals surface area contributed by atoms with Gasteiger partial charge < -0.3 is 29.5 Å². The Morgan fingerprint density at radius 1 is 0.500 bits per heavy atom. The van der Waals surface area contributed by atoms with Crippen molar-refractivity contribution in [2.45, 2.75) is 24.4 Å². The third-order valence-corrected chi connectivity index (χ3v) is 16.5. The minimum atomic E-state index is -0.959. The van der Waals surface area contributed by atoms with E-state index in [0.29, 0.717) is 35.5 Å². The SMILES string of the molecule is O=C1c2c(O)c(=O)ccn2N([C@@H]2c3ccccc3-c3sccc3-c3c2ccc(F)c3F)[C@@H]2COCCN12.O=C1c2c(O)c(=O)ccn2N([C@H]2c3ccccc3-c3sccc3-c3c2ccc(F)c3F)[C@H]2COCCN12. The van der Waals surface area contributed by atoms with Gasteiger partial charge >= 0.3 is 0 Å². The molecule has 8 aromatic rings. The number of thiophene rings is 2. The van der Waals surface area contributed by atoms with Crippen molar-refractivity contribution in [3.05, 3.63) is 198 Å². The van der Waals surface area contributed by atoms with Gasteiger partial charge in [-0.1, -0.05) is 60.7 Å². The average molecular weight is 1040 g/mol. The van der Waals surface area contributed by atoms with E-state index < -0.39 is 81.9 Å². The van der Waals surface area contributed by atoms with Gasteiger partial charge in [0.1, 0.15) is 12.3 Å². The van der Waals surface area contributed by atoms with Crippen LogP contribution in [0.5, 0.6) is 11.5 Å². The van der Waals surface area contributed by atoms with Crippen molar-refractivity contribution in [3.63, 3.8) is 0 Å². The number of carbonyl (C=O) groups is 2. The second kappa shape index (κ2) is 17.3. The van der Waals surface area contributed by atoms with Crippen LogP contribution in [-0.2, 0) is 9.47 Å². The molecule has 0 radical (unpaired) electrons. The van der Waals surface area contributed by atoms with Gasteiger partial charge in [-0.05, 0) is 68.4 Å². The molecule has 2 amide bonds. The standard InChI is InChI=1S/2C27H19F2N3O4S/c2*28-18-6-5-16-21(22(18)29)17-8-12-37-26(17)15-4-2-1-3-14(15)23(16)32-20-13-36-11-10-30(20)27(35)24-25(34)19(33)7-9-31(24)32/h2*1-9,12,20,23,34H,10-11,13H2/t2*20-,23-/m10/s1. The molecule has 74 heavy (non-hydrogen) atoms. The highest BCUT2D eigenvalue weighted by Crippen LogP contribution is 2.53. The Balaban J connectivity index is 0.000000143. The van der Waals surface area contributed by atoms with E-state index in [1.54, 1.807) is 34.1 Å². The third-order valence-electron chi connectivity index (χ3n) is 14.6. The van der Waals surface area contributed by atoms with E-state index in [1.807, 2.05) is 69.3 Å². The molecule has 4 aliphatic heterocycles. The maximum atomic E-state index is 15.6. The number of morpholine rings is 2. The van der Waals surface area contributed by atoms with Crippen molar-refractivity contribution in [1.29, 1.82) is 0 Å². The first-order valence-corrected chi connectivity index (χ1v) is 25.2. The summed E-state index contributed by atoms with van der Waals surface area (Å²) in [6.07, 6.45) is 1.60. The maximum Gasteiger partial charge on any atom is 0.278 e. The molecule has 0 bridgehead atoms. The van der Waals surface area contributed by atoms with E-state index in [2.05, 4.69) is 0 Å². The van der Waals surface area contributed by atoms with E-state index >= 15 is 8.78 Å². The molecule has 372 valence electrons. The van der Waals surface area contributed by atoms with Crippen LogP contribution in [0.2, 0.25) is 0 Å². The lowest BCUT2D eigenvalue weighted by Crippen LogP contribution is -2.66. The second-order valence-corrected chi connectivity index (χ2v) is 20.1. The highest BCUT2D eigenvalue weighted by molar-refractivity contribution is 7.14. The number of ether oxygens (including phenoxy) is 2. The van der Waals surface area contributed by atoms with Gasteiger partial charge in [0.25, 0.3) is 11.8 Å². The highest BCUT2D eigenvalue weighted by atomic mass is 32.1. The molecule has 2 fully saturated rings. The van der Waals surface area contributed by atoms with Gasteiger partial charge in [-0.15, -0.1) is 22.7 Å². The summed E-state index contributed by atoms with van der Waals surface area (Å²) in [6, 6.07) is 25.1. The molecule has 14 nitrogen and oxygen atoms in total. The molecule has 0 spiro atoms. The fourth-order valence-corrected chi connectivity index (χ4v) is 13.3. The summed E-state index contributed by atoms with van der Waals surface area (Å²) in [4.78, 5) is 56.4. The van der Waals surface area contributed by atoms with E-state index in [1.165, 1.54) is 56.6 Å². The Kier molecular flexibility index (Phi) is 10.7. The first-order valence-electron chi connectivity index (χ1n) is 23.5. The molecule has 4 aromatic heterocycles. The summed E-state index contributed by atoms with van der Waals surface area (Å²) in [5.74, 6) is -6.14. The highest BCUT2D eigenvalue weighted by Gasteiger charge is 2.49.